The molecule has 1 atom stereocenters. The van der Waals surface area contributed by atoms with Crippen molar-refractivity contribution in [3.8, 4) is 5.75 Å². The second kappa shape index (κ2) is 2.78. The SMILES string of the molecule is CC1Cc2ccccc2OS1. The van der Waals surface area contributed by atoms with Crippen molar-refractivity contribution >= 4 is 12.0 Å². The van der Waals surface area contributed by atoms with Crippen molar-refractivity contribution in [1.82, 2.24) is 0 Å². The Hall–Kier alpha value is -0.630. The zero-order chi connectivity index (χ0) is 7.68. The van der Waals surface area contributed by atoms with E-state index in [1.54, 1.807) is 12.0 Å². The van der Waals surface area contributed by atoms with Gasteiger partial charge in [0.05, 0.1) is 12.0 Å². The Morgan fingerprint density at radius 1 is 1.45 bits per heavy atom. The molecule has 0 aromatic heterocycles. The van der Waals surface area contributed by atoms with Crippen molar-refractivity contribution in [2.45, 2.75) is 18.6 Å². The molecule has 1 aliphatic rings. The Balaban J connectivity index is 2.34. The fourth-order valence-corrected chi connectivity index (χ4v) is 1.91. The van der Waals surface area contributed by atoms with Crippen LogP contribution in [0.5, 0.6) is 5.75 Å². The number of rotatable bonds is 0. The highest BCUT2D eigenvalue weighted by Gasteiger charge is 2.15. The lowest BCUT2D eigenvalue weighted by Crippen LogP contribution is -2.10. The van der Waals surface area contributed by atoms with Gasteiger partial charge in [-0.2, -0.15) is 0 Å². The summed E-state index contributed by atoms with van der Waals surface area (Å²) in [6, 6.07) is 8.22. The van der Waals surface area contributed by atoms with Gasteiger partial charge in [0.25, 0.3) is 0 Å². The maximum atomic E-state index is 5.45. The molecule has 0 N–H and O–H groups in total. The summed E-state index contributed by atoms with van der Waals surface area (Å²) in [7, 11) is 0. The van der Waals surface area contributed by atoms with Crippen LogP contribution in [-0.2, 0) is 6.42 Å². The minimum absolute atomic E-state index is 0.588. The number of benzene rings is 1. The summed E-state index contributed by atoms with van der Waals surface area (Å²) in [4.78, 5) is 0. The van der Waals surface area contributed by atoms with E-state index in [4.69, 9.17) is 4.18 Å². The predicted molar refractivity (Wildman–Crippen MR) is 47.8 cm³/mol. The maximum absolute atomic E-state index is 5.45. The predicted octanol–water partition coefficient (Wildman–Crippen LogP) is 2.66. The molecule has 1 aromatic carbocycles. The van der Waals surface area contributed by atoms with E-state index in [0.717, 1.165) is 12.2 Å². The first-order chi connectivity index (χ1) is 5.36. The van der Waals surface area contributed by atoms with Crippen LogP contribution in [0.25, 0.3) is 0 Å². The lowest BCUT2D eigenvalue weighted by atomic mass is 10.1. The first kappa shape index (κ1) is 7.04. The third-order valence-electron chi connectivity index (χ3n) is 1.78. The third-order valence-corrected chi connectivity index (χ3v) is 2.55. The van der Waals surface area contributed by atoms with Crippen molar-refractivity contribution in [3.05, 3.63) is 29.8 Å². The summed E-state index contributed by atoms with van der Waals surface area (Å²) in [5.41, 5.74) is 1.33. The summed E-state index contributed by atoms with van der Waals surface area (Å²) in [6.07, 6.45) is 1.13. The summed E-state index contributed by atoms with van der Waals surface area (Å²) in [5.74, 6) is 1.04. The Morgan fingerprint density at radius 2 is 2.27 bits per heavy atom. The molecule has 1 aromatic rings. The summed E-state index contributed by atoms with van der Waals surface area (Å²) >= 11 is 1.56. The molecule has 2 heteroatoms. The van der Waals surface area contributed by atoms with Crippen molar-refractivity contribution in [1.29, 1.82) is 0 Å². The monoisotopic (exact) mass is 166 g/mol. The van der Waals surface area contributed by atoms with Crippen LogP contribution in [0.2, 0.25) is 0 Å². The summed E-state index contributed by atoms with van der Waals surface area (Å²) in [6.45, 7) is 2.18. The molecule has 1 nitrogen and oxygen atoms in total. The van der Waals surface area contributed by atoms with E-state index in [9.17, 15) is 0 Å². The normalized spacial score (nSPS) is 22.1. The number of hydrogen-bond acceptors (Lipinski definition) is 2. The van der Waals surface area contributed by atoms with Crippen LogP contribution in [0, 0.1) is 0 Å². The van der Waals surface area contributed by atoms with Gasteiger partial charge in [-0.15, -0.1) is 0 Å². The molecular weight excluding hydrogens is 156 g/mol. The lowest BCUT2D eigenvalue weighted by Gasteiger charge is -2.19. The van der Waals surface area contributed by atoms with Crippen LogP contribution < -0.4 is 4.18 Å². The molecule has 0 spiro atoms. The second-order valence-electron chi connectivity index (χ2n) is 2.80. The maximum Gasteiger partial charge on any atom is 0.140 e. The largest absolute Gasteiger partial charge is 0.425 e. The van der Waals surface area contributed by atoms with E-state index < -0.39 is 0 Å². The van der Waals surface area contributed by atoms with E-state index in [1.165, 1.54) is 5.56 Å². The molecule has 0 bridgehead atoms. The average Bonchev–Trinajstić information content (AvgIpc) is 2.04. The number of hydrogen-bond donors (Lipinski definition) is 0. The first-order valence-corrected chi connectivity index (χ1v) is 4.58. The van der Waals surface area contributed by atoms with Gasteiger partial charge in [-0.1, -0.05) is 18.2 Å². The molecule has 1 aliphatic heterocycles. The van der Waals surface area contributed by atoms with Gasteiger partial charge in [-0.25, -0.2) is 0 Å². The molecule has 0 aliphatic carbocycles. The molecular formula is C9H10OS. The lowest BCUT2D eigenvalue weighted by molar-refractivity contribution is 0.601. The van der Waals surface area contributed by atoms with Crippen LogP contribution in [0.1, 0.15) is 12.5 Å². The van der Waals surface area contributed by atoms with E-state index in [-0.39, 0.29) is 0 Å². The smallest absolute Gasteiger partial charge is 0.140 e. The standard InChI is InChI=1S/C9H10OS/c1-7-6-8-4-2-3-5-9(8)10-11-7/h2-5,7H,6H2,1H3. The summed E-state index contributed by atoms with van der Waals surface area (Å²) in [5, 5.41) is 0.588. The number of fused-ring (bicyclic) bond motifs is 1. The van der Waals surface area contributed by atoms with Crippen LogP contribution in [0.4, 0.5) is 0 Å². The van der Waals surface area contributed by atoms with Gasteiger partial charge in [-0.05, 0) is 25.0 Å². The minimum atomic E-state index is 0.588. The highest BCUT2D eigenvalue weighted by molar-refractivity contribution is 7.95. The molecule has 0 fully saturated rings. The fraction of sp³-hybridized carbons (Fsp3) is 0.333. The Labute approximate surface area is 71.0 Å². The zero-order valence-electron chi connectivity index (χ0n) is 6.41. The fourth-order valence-electron chi connectivity index (χ4n) is 1.23. The summed E-state index contributed by atoms with van der Waals surface area (Å²) < 4.78 is 5.45. The highest BCUT2D eigenvalue weighted by atomic mass is 32.2. The third kappa shape index (κ3) is 1.36. The molecule has 11 heavy (non-hydrogen) atoms. The molecule has 1 heterocycles. The molecule has 1 unspecified atom stereocenters. The van der Waals surface area contributed by atoms with Gasteiger partial charge >= 0.3 is 0 Å². The van der Waals surface area contributed by atoms with Gasteiger partial charge in [-0.3, -0.25) is 0 Å². The second-order valence-corrected chi connectivity index (χ2v) is 3.97. The Morgan fingerprint density at radius 3 is 3.18 bits per heavy atom. The molecule has 0 saturated heterocycles. The van der Waals surface area contributed by atoms with Crippen molar-refractivity contribution in [3.63, 3.8) is 0 Å². The van der Waals surface area contributed by atoms with Gasteiger partial charge in [0.1, 0.15) is 5.75 Å². The molecule has 0 amide bonds. The minimum Gasteiger partial charge on any atom is -0.425 e. The van der Waals surface area contributed by atoms with Crippen LogP contribution in [0.15, 0.2) is 24.3 Å². The van der Waals surface area contributed by atoms with Crippen molar-refractivity contribution in [2.75, 3.05) is 0 Å². The molecule has 0 saturated carbocycles. The van der Waals surface area contributed by atoms with Crippen LogP contribution in [0.3, 0.4) is 0 Å². The van der Waals surface area contributed by atoms with Gasteiger partial charge in [0, 0.05) is 5.25 Å². The molecule has 2 rings (SSSR count). The van der Waals surface area contributed by atoms with Crippen LogP contribution >= 0.6 is 12.0 Å². The van der Waals surface area contributed by atoms with Crippen molar-refractivity contribution in [2.24, 2.45) is 0 Å². The van der Waals surface area contributed by atoms with Gasteiger partial charge in [0.15, 0.2) is 0 Å². The van der Waals surface area contributed by atoms with E-state index >= 15 is 0 Å². The van der Waals surface area contributed by atoms with E-state index in [0.29, 0.717) is 5.25 Å². The molecule has 58 valence electrons. The first-order valence-electron chi connectivity index (χ1n) is 3.77. The van der Waals surface area contributed by atoms with E-state index in [1.807, 2.05) is 12.1 Å². The molecule has 0 radical (unpaired) electrons. The topological polar surface area (TPSA) is 9.23 Å². The van der Waals surface area contributed by atoms with Gasteiger partial charge in [0.2, 0.25) is 0 Å². The number of para-hydroxylation sites is 1. The quantitative estimate of drug-likeness (QED) is 0.548. The Bertz CT molecular complexity index is 259. The Kier molecular flexibility index (Phi) is 1.78. The zero-order valence-corrected chi connectivity index (χ0v) is 7.23. The highest BCUT2D eigenvalue weighted by Crippen LogP contribution is 2.32. The van der Waals surface area contributed by atoms with Gasteiger partial charge < -0.3 is 4.18 Å². The van der Waals surface area contributed by atoms with Crippen LogP contribution in [-0.4, -0.2) is 5.25 Å². The average molecular weight is 166 g/mol. The van der Waals surface area contributed by atoms with Crippen molar-refractivity contribution < 1.29 is 4.18 Å². The van der Waals surface area contributed by atoms with E-state index in [2.05, 4.69) is 19.1 Å².